The first-order chi connectivity index (χ1) is 18.2. The third kappa shape index (κ3) is 6.85. The number of anilines is 1. The van der Waals surface area contributed by atoms with Crippen LogP contribution in [0.3, 0.4) is 0 Å². The lowest BCUT2D eigenvalue weighted by Crippen LogP contribution is -2.52. The third-order valence-corrected chi connectivity index (χ3v) is 8.15. The van der Waals surface area contributed by atoms with E-state index in [0.29, 0.717) is 12.8 Å². The van der Waals surface area contributed by atoms with Crippen molar-refractivity contribution in [1.82, 2.24) is 10.2 Å². The first-order valence-corrected chi connectivity index (χ1v) is 14.0. The molecule has 1 N–H and O–H groups in total. The van der Waals surface area contributed by atoms with E-state index in [1.807, 2.05) is 30.3 Å². The zero-order valence-corrected chi connectivity index (χ0v) is 23.2. The summed E-state index contributed by atoms with van der Waals surface area (Å²) in [5.74, 6) is -0.625. The fourth-order valence-corrected chi connectivity index (χ4v) is 5.76. The Kier molecular flexibility index (Phi) is 10.2. The number of methoxy groups -OCH3 is 1. The van der Waals surface area contributed by atoms with Crippen molar-refractivity contribution >= 4 is 39.1 Å². The van der Waals surface area contributed by atoms with Crippen molar-refractivity contribution in [1.29, 1.82) is 0 Å². The molecule has 0 heterocycles. The number of likely N-dealkylation sites (N-methyl/N-ethyl adjacent to an activating group) is 1. The van der Waals surface area contributed by atoms with Gasteiger partial charge >= 0.3 is 0 Å². The molecule has 0 radical (unpaired) electrons. The van der Waals surface area contributed by atoms with Gasteiger partial charge in [0.2, 0.25) is 11.8 Å². The predicted molar refractivity (Wildman–Crippen MR) is 149 cm³/mol. The van der Waals surface area contributed by atoms with Gasteiger partial charge in [-0.05, 0) is 48.7 Å². The van der Waals surface area contributed by atoms with Gasteiger partial charge in [0.1, 0.15) is 18.3 Å². The average Bonchev–Trinajstić information content (AvgIpc) is 2.94. The number of nitrogens with zero attached hydrogens (tertiary/aromatic N) is 2. The van der Waals surface area contributed by atoms with Crippen molar-refractivity contribution < 1.29 is 22.7 Å². The molecular weight excluding hydrogens is 526 g/mol. The Morgan fingerprint density at radius 2 is 1.63 bits per heavy atom. The Hall–Kier alpha value is -3.56. The summed E-state index contributed by atoms with van der Waals surface area (Å²) in [6, 6.07) is 21.2. The SMILES string of the molecule is CC[C@H](C(=O)NC)N(CCc1ccccc1)C(=O)CN(c1cc(Cl)ccc1OC)S(=O)(=O)c1ccccc1. The summed E-state index contributed by atoms with van der Waals surface area (Å²) >= 11 is 6.24. The molecule has 2 amide bonds. The third-order valence-electron chi connectivity index (χ3n) is 6.14. The highest BCUT2D eigenvalue weighted by atomic mass is 35.5. The Labute approximate surface area is 229 Å². The van der Waals surface area contributed by atoms with Crippen LogP contribution in [0.1, 0.15) is 18.9 Å². The van der Waals surface area contributed by atoms with Crippen LogP contribution >= 0.6 is 11.6 Å². The minimum absolute atomic E-state index is 0.00371. The zero-order chi connectivity index (χ0) is 27.7. The number of sulfonamides is 1. The van der Waals surface area contributed by atoms with Crippen LogP contribution in [0.15, 0.2) is 83.8 Å². The van der Waals surface area contributed by atoms with Crippen LogP contribution in [0.4, 0.5) is 5.69 Å². The van der Waals surface area contributed by atoms with E-state index in [1.165, 1.54) is 37.3 Å². The van der Waals surface area contributed by atoms with E-state index in [2.05, 4.69) is 5.32 Å². The fourth-order valence-electron chi connectivity index (χ4n) is 4.15. The molecule has 38 heavy (non-hydrogen) atoms. The van der Waals surface area contributed by atoms with Gasteiger partial charge in [0, 0.05) is 18.6 Å². The molecule has 0 aromatic heterocycles. The minimum atomic E-state index is -4.21. The quantitative estimate of drug-likeness (QED) is 0.361. The van der Waals surface area contributed by atoms with Crippen LogP contribution in [0, 0.1) is 0 Å². The Morgan fingerprint density at radius 3 is 2.21 bits per heavy atom. The minimum Gasteiger partial charge on any atom is -0.495 e. The molecule has 0 unspecified atom stereocenters. The van der Waals surface area contributed by atoms with Gasteiger partial charge in [-0.3, -0.25) is 13.9 Å². The van der Waals surface area contributed by atoms with E-state index in [4.69, 9.17) is 16.3 Å². The summed E-state index contributed by atoms with van der Waals surface area (Å²) in [6.07, 6.45) is 0.845. The highest BCUT2D eigenvalue weighted by Gasteiger charge is 2.34. The van der Waals surface area contributed by atoms with Gasteiger partial charge < -0.3 is 15.0 Å². The molecule has 10 heteroatoms. The lowest BCUT2D eigenvalue weighted by Gasteiger charge is -2.33. The second-order valence-electron chi connectivity index (χ2n) is 8.50. The summed E-state index contributed by atoms with van der Waals surface area (Å²) in [5.41, 5.74) is 1.11. The average molecular weight is 558 g/mol. The zero-order valence-electron chi connectivity index (χ0n) is 21.6. The summed E-state index contributed by atoms with van der Waals surface area (Å²) in [6.45, 7) is 1.47. The van der Waals surface area contributed by atoms with Crippen LogP contribution in [0.5, 0.6) is 5.75 Å². The highest BCUT2D eigenvalue weighted by Crippen LogP contribution is 2.35. The maximum atomic E-state index is 13.9. The van der Waals surface area contributed by atoms with E-state index >= 15 is 0 Å². The molecule has 0 aliphatic carbocycles. The van der Waals surface area contributed by atoms with Crippen molar-refractivity contribution in [2.24, 2.45) is 0 Å². The molecule has 8 nitrogen and oxygen atoms in total. The second-order valence-corrected chi connectivity index (χ2v) is 10.8. The number of halogens is 1. The molecule has 3 aromatic carbocycles. The van der Waals surface area contributed by atoms with E-state index < -0.39 is 28.5 Å². The molecule has 0 bridgehead atoms. The van der Waals surface area contributed by atoms with E-state index in [9.17, 15) is 18.0 Å². The van der Waals surface area contributed by atoms with Gasteiger partial charge in [-0.2, -0.15) is 0 Å². The smallest absolute Gasteiger partial charge is 0.264 e. The van der Waals surface area contributed by atoms with Crippen molar-refractivity contribution in [2.45, 2.75) is 30.7 Å². The number of ether oxygens (including phenoxy) is 1. The molecule has 0 spiro atoms. The van der Waals surface area contributed by atoms with Gasteiger partial charge in [-0.1, -0.05) is 67.1 Å². The largest absolute Gasteiger partial charge is 0.495 e. The first kappa shape index (κ1) is 29.0. The fraction of sp³-hybridized carbons (Fsp3) is 0.286. The van der Waals surface area contributed by atoms with Gasteiger partial charge in [-0.25, -0.2) is 8.42 Å². The molecular formula is C28H32ClN3O5S. The normalized spacial score (nSPS) is 11.9. The van der Waals surface area contributed by atoms with E-state index in [-0.39, 0.29) is 33.8 Å². The monoisotopic (exact) mass is 557 g/mol. The van der Waals surface area contributed by atoms with Crippen LogP contribution in [0.2, 0.25) is 5.02 Å². The second kappa shape index (κ2) is 13.3. The topological polar surface area (TPSA) is 96.0 Å². The van der Waals surface area contributed by atoms with Crippen molar-refractivity contribution in [3.63, 3.8) is 0 Å². The number of carbonyl (C=O) groups is 2. The lowest BCUT2D eigenvalue weighted by atomic mass is 10.1. The van der Waals surface area contributed by atoms with Crippen LogP contribution in [-0.2, 0) is 26.0 Å². The molecule has 0 aliphatic heterocycles. The standard InChI is InChI=1S/C28H32ClN3O5S/c1-4-24(28(34)30-2)31(18-17-21-11-7-5-8-12-21)27(33)20-32(25-19-22(29)15-16-26(25)37-3)38(35,36)23-13-9-6-10-14-23/h5-16,19,24H,4,17-18,20H2,1-3H3,(H,30,34)/t24-/m1/s1. The molecule has 0 fully saturated rings. The molecule has 0 saturated carbocycles. The molecule has 0 saturated heterocycles. The van der Waals surface area contributed by atoms with E-state index in [0.717, 1.165) is 9.87 Å². The number of rotatable bonds is 12. The Balaban J connectivity index is 2.06. The lowest BCUT2D eigenvalue weighted by molar-refractivity contribution is -0.139. The summed E-state index contributed by atoms with van der Waals surface area (Å²) < 4.78 is 34.1. The van der Waals surface area contributed by atoms with Gasteiger partial charge in [-0.15, -0.1) is 0 Å². The van der Waals surface area contributed by atoms with Crippen molar-refractivity contribution in [3.05, 3.63) is 89.4 Å². The maximum absolute atomic E-state index is 13.9. The number of benzene rings is 3. The van der Waals surface area contributed by atoms with Crippen molar-refractivity contribution in [2.75, 3.05) is 31.6 Å². The van der Waals surface area contributed by atoms with Crippen LogP contribution in [0.25, 0.3) is 0 Å². The number of carbonyl (C=O) groups excluding carboxylic acids is 2. The maximum Gasteiger partial charge on any atom is 0.264 e. The van der Waals surface area contributed by atoms with Gasteiger partial charge in [0.05, 0.1) is 17.7 Å². The molecule has 1 atom stereocenters. The highest BCUT2D eigenvalue weighted by molar-refractivity contribution is 7.92. The Bertz CT molecular complexity index is 1340. The van der Waals surface area contributed by atoms with Crippen LogP contribution in [-0.4, -0.2) is 58.4 Å². The first-order valence-electron chi connectivity index (χ1n) is 12.2. The number of nitrogens with one attached hydrogen (secondary N) is 1. The molecule has 202 valence electrons. The van der Waals surface area contributed by atoms with Crippen molar-refractivity contribution in [3.8, 4) is 5.75 Å². The number of amides is 2. The molecule has 3 rings (SSSR count). The Morgan fingerprint density at radius 1 is 1.00 bits per heavy atom. The van der Waals surface area contributed by atoms with Gasteiger partial charge in [0.15, 0.2) is 0 Å². The summed E-state index contributed by atoms with van der Waals surface area (Å²) in [4.78, 5) is 28.1. The van der Waals surface area contributed by atoms with Gasteiger partial charge in [0.25, 0.3) is 10.0 Å². The molecule has 0 aliphatic rings. The number of hydrogen-bond donors (Lipinski definition) is 1. The molecule has 3 aromatic rings. The predicted octanol–water partition coefficient (Wildman–Crippen LogP) is 4.14. The van der Waals surface area contributed by atoms with E-state index in [1.54, 1.807) is 37.3 Å². The summed E-state index contributed by atoms with van der Waals surface area (Å²) in [5, 5.41) is 2.89. The van der Waals surface area contributed by atoms with Crippen LogP contribution < -0.4 is 14.4 Å². The summed E-state index contributed by atoms with van der Waals surface area (Å²) in [7, 11) is -1.29. The number of hydrogen-bond acceptors (Lipinski definition) is 5.